The summed E-state index contributed by atoms with van der Waals surface area (Å²) in [5, 5.41) is 8.64. The molecule has 2 aromatic rings. The van der Waals surface area contributed by atoms with E-state index in [9.17, 15) is 4.79 Å². The molecular weight excluding hydrogens is 248 g/mol. The van der Waals surface area contributed by atoms with Crippen LogP contribution in [0.15, 0.2) is 42.5 Å². The van der Waals surface area contributed by atoms with E-state index in [0.717, 1.165) is 6.42 Å². The maximum Gasteiger partial charge on any atom is 0.303 e. The third-order valence-electron chi connectivity index (χ3n) is 3.51. The summed E-state index contributed by atoms with van der Waals surface area (Å²) in [5.41, 5.74) is 6.21. The standard InChI is InChI=1S/C18H20O2/c1-13-6-7-14(2)17(12-13)16-10-8-15(9-11-16)4-3-5-18(19)20/h6-12H,3-5H2,1-2H3,(H,19,20). The molecule has 0 atom stereocenters. The van der Waals surface area contributed by atoms with Gasteiger partial charge in [0.25, 0.3) is 0 Å². The molecule has 20 heavy (non-hydrogen) atoms. The van der Waals surface area contributed by atoms with Crippen LogP contribution in [0.25, 0.3) is 11.1 Å². The van der Waals surface area contributed by atoms with Crippen molar-refractivity contribution < 1.29 is 9.90 Å². The van der Waals surface area contributed by atoms with Crippen LogP contribution in [0.3, 0.4) is 0 Å². The fourth-order valence-corrected chi connectivity index (χ4v) is 2.34. The second-order valence-electron chi connectivity index (χ2n) is 5.26. The van der Waals surface area contributed by atoms with E-state index in [1.807, 2.05) is 0 Å². The van der Waals surface area contributed by atoms with E-state index in [0.29, 0.717) is 6.42 Å². The van der Waals surface area contributed by atoms with Gasteiger partial charge in [-0.1, -0.05) is 48.0 Å². The highest BCUT2D eigenvalue weighted by atomic mass is 16.4. The number of rotatable bonds is 5. The van der Waals surface area contributed by atoms with Crippen LogP contribution in [0.5, 0.6) is 0 Å². The summed E-state index contributed by atoms with van der Waals surface area (Å²) in [6, 6.07) is 14.9. The molecule has 104 valence electrons. The number of aliphatic carboxylic acids is 1. The van der Waals surface area contributed by atoms with Crippen LogP contribution in [0.4, 0.5) is 0 Å². The van der Waals surface area contributed by atoms with Gasteiger partial charge in [0.15, 0.2) is 0 Å². The molecule has 0 aromatic heterocycles. The van der Waals surface area contributed by atoms with Crippen LogP contribution in [0, 0.1) is 13.8 Å². The van der Waals surface area contributed by atoms with Crippen LogP contribution in [-0.4, -0.2) is 11.1 Å². The lowest BCUT2D eigenvalue weighted by molar-refractivity contribution is -0.137. The lowest BCUT2D eigenvalue weighted by Gasteiger charge is -2.08. The lowest BCUT2D eigenvalue weighted by Crippen LogP contribution is -1.95. The molecule has 0 aliphatic carbocycles. The molecule has 2 nitrogen and oxygen atoms in total. The van der Waals surface area contributed by atoms with Crippen molar-refractivity contribution in [2.45, 2.75) is 33.1 Å². The summed E-state index contributed by atoms with van der Waals surface area (Å²) in [4.78, 5) is 10.5. The molecule has 0 aliphatic heterocycles. The highest BCUT2D eigenvalue weighted by Crippen LogP contribution is 2.25. The molecule has 2 aromatic carbocycles. The Hall–Kier alpha value is -2.09. The molecule has 0 aliphatic rings. The first-order valence-corrected chi connectivity index (χ1v) is 6.94. The minimum atomic E-state index is -0.725. The molecule has 2 heteroatoms. The van der Waals surface area contributed by atoms with Crippen molar-refractivity contribution in [1.82, 2.24) is 0 Å². The number of aryl methyl sites for hydroxylation is 3. The zero-order chi connectivity index (χ0) is 14.5. The van der Waals surface area contributed by atoms with Gasteiger partial charge in [0.2, 0.25) is 0 Å². The van der Waals surface area contributed by atoms with Gasteiger partial charge < -0.3 is 5.11 Å². The molecule has 0 heterocycles. The van der Waals surface area contributed by atoms with Crippen molar-refractivity contribution in [3.05, 3.63) is 59.2 Å². The van der Waals surface area contributed by atoms with Crippen molar-refractivity contribution in [3.8, 4) is 11.1 Å². The monoisotopic (exact) mass is 268 g/mol. The predicted octanol–water partition coefficient (Wildman–Crippen LogP) is 4.38. The van der Waals surface area contributed by atoms with Crippen LogP contribution >= 0.6 is 0 Å². The molecule has 0 bridgehead atoms. The first-order valence-electron chi connectivity index (χ1n) is 6.94. The largest absolute Gasteiger partial charge is 0.481 e. The van der Waals surface area contributed by atoms with Gasteiger partial charge in [-0.3, -0.25) is 4.79 Å². The minimum Gasteiger partial charge on any atom is -0.481 e. The molecule has 0 saturated carbocycles. The Morgan fingerprint density at radius 2 is 1.75 bits per heavy atom. The van der Waals surface area contributed by atoms with Gasteiger partial charge in [-0.05, 0) is 48.9 Å². The second kappa shape index (κ2) is 6.38. The molecule has 0 fully saturated rings. The average molecular weight is 268 g/mol. The van der Waals surface area contributed by atoms with Gasteiger partial charge in [-0.15, -0.1) is 0 Å². The van der Waals surface area contributed by atoms with Crippen LogP contribution in [0.1, 0.15) is 29.5 Å². The Balaban J connectivity index is 2.11. The van der Waals surface area contributed by atoms with E-state index in [-0.39, 0.29) is 6.42 Å². The Bertz CT molecular complexity index is 597. The first kappa shape index (κ1) is 14.3. The number of carboxylic acid groups (broad SMARTS) is 1. The molecule has 0 amide bonds. The van der Waals surface area contributed by atoms with E-state index < -0.39 is 5.97 Å². The van der Waals surface area contributed by atoms with Crippen molar-refractivity contribution in [2.75, 3.05) is 0 Å². The van der Waals surface area contributed by atoms with Crippen LogP contribution in [-0.2, 0) is 11.2 Å². The summed E-state index contributed by atoms with van der Waals surface area (Å²) in [7, 11) is 0. The van der Waals surface area contributed by atoms with E-state index in [2.05, 4.69) is 56.3 Å². The summed E-state index contributed by atoms with van der Waals surface area (Å²) in [6.07, 6.45) is 1.75. The fraction of sp³-hybridized carbons (Fsp3) is 0.278. The van der Waals surface area contributed by atoms with Gasteiger partial charge in [0.1, 0.15) is 0 Å². The van der Waals surface area contributed by atoms with Gasteiger partial charge in [0, 0.05) is 6.42 Å². The average Bonchev–Trinajstić information content (AvgIpc) is 2.42. The van der Waals surface area contributed by atoms with Crippen molar-refractivity contribution in [3.63, 3.8) is 0 Å². The lowest BCUT2D eigenvalue weighted by atomic mass is 9.97. The van der Waals surface area contributed by atoms with E-state index >= 15 is 0 Å². The van der Waals surface area contributed by atoms with Crippen molar-refractivity contribution in [2.24, 2.45) is 0 Å². The number of benzene rings is 2. The van der Waals surface area contributed by atoms with E-state index in [1.165, 1.54) is 27.8 Å². The fourth-order valence-electron chi connectivity index (χ4n) is 2.34. The molecule has 0 radical (unpaired) electrons. The first-order chi connectivity index (χ1) is 9.56. The molecular formula is C18H20O2. The van der Waals surface area contributed by atoms with Gasteiger partial charge in [-0.25, -0.2) is 0 Å². The number of carbonyl (C=O) groups is 1. The summed E-state index contributed by atoms with van der Waals surface area (Å²) >= 11 is 0. The van der Waals surface area contributed by atoms with E-state index in [4.69, 9.17) is 5.11 Å². The smallest absolute Gasteiger partial charge is 0.303 e. The Kier molecular flexibility index (Phi) is 4.57. The van der Waals surface area contributed by atoms with Gasteiger partial charge >= 0.3 is 5.97 Å². The maximum absolute atomic E-state index is 10.5. The zero-order valence-electron chi connectivity index (χ0n) is 12.0. The molecule has 2 rings (SSSR count). The molecule has 0 spiro atoms. The van der Waals surface area contributed by atoms with Crippen LogP contribution < -0.4 is 0 Å². The predicted molar refractivity (Wildman–Crippen MR) is 81.9 cm³/mol. The second-order valence-corrected chi connectivity index (χ2v) is 5.26. The SMILES string of the molecule is Cc1ccc(C)c(-c2ccc(CCCC(=O)O)cc2)c1. The summed E-state index contributed by atoms with van der Waals surface area (Å²) in [6.45, 7) is 4.22. The van der Waals surface area contributed by atoms with Gasteiger partial charge in [-0.2, -0.15) is 0 Å². The Morgan fingerprint density at radius 1 is 1.05 bits per heavy atom. The minimum absolute atomic E-state index is 0.235. The number of hydrogen-bond acceptors (Lipinski definition) is 1. The molecule has 0 saturated heterocycles. The summed E-state index contributed by atoms with van der Waals surface area (Å²) < 4.78 is 0. The third-order valence-corrected chi connectivity index (χ3v) is 3.51. The highest BCUT2D eigenvalue weighted by Gasteiger charge is 2.03. The Morgan fingerprint density at radius 3 is 2.40 bits per heavy atom. The topological polar surface area (TPSA) is 37.3 Å². The number of carboxylic acids is 1. The van der Waals surface area contributed by atoms with Crippen molar-refractivity contribution in [1.29, 1.82) is 0 Å². The van der Waals surface area contributed by atoms with Gasteiger partial charge in [0.05, 0.1) is 0 Å². The number of hydrogen-bond donors (Lipinski definition) is 1. The quantitative estimate of drug-likeness (QED) is 0.873. The highest BCUT2D eigenvalue weighted by molar-refractivity contribution is 5.68. The normalized spacial score (nSPS) is 10.5. The maximum atomic E-state index is 10.5. The third kappa shape index (κ3) is 3.70. The summed E-state index contributed by atoms with van der Waals surface area (Å²) in [5.74, 6) is -0.725. The van der Waals surface area contributed by atoms with Crippen molar-refractivity contribution >= 4 is 5.97 Å². The van der Waals surface area contributed by atoms with E-state index in [1.54, 1.807) is 0 Å². The zero-order valence-corrected chi connectivity index (χ0v) is 12.0. The Labute approximate surface area is 120 Å². The van der Waals surface area contributed by atoms with Crippen LogP contribution in [0.2, 0.25) is 0 Å². The molecule has 1 N–H and O–H groups in total. The molecule has 0 unspecified atom stereocenters.